The number of carbonyl (C=O) groups is 1. The van der Waals surface area contributed by atoms with Crippen molar-refractivity contribution in [2.75, 3.05) is 7.05 Å². The van der Waals surface area contributed by atoms with Crippen molar-refractivity contribution in [1.82, 2.24) is 14.9 Å². The number of pyridine rings is 1. The maximum absolute atomic E-state index is 13.0. The third-order valence-electron chi connectivity index (χ3n) is 4.09. The monoisotopic (exact) mass is 355 g/mol. The molecule has 0 unspecified atom stereocenters. The Balaban J connectivity index is 1.67. The van der Waals surface area contributed by atoms with E-state index in [2.05, 4.69) is 9.97 Å². The van der Waals surface area contributed by atoms with Crippen LogP contribution in [-0.4, -0.2) is 27.8 Å². The summed E-state index contributed by atoms with van der Waals surface area (Å²) in [6, 6.07) is 11.7. The van der Waals surface area contributed by atoms with Crippen LogP contribution in [0.4, 0.5) is 4.39 Å². The minimum Gasteiger partial charge on any atom is -0.339 e. The van der Waals surface area contributed by atoms with E-state index in [1.54, 1.807) is 30.3 Å². The van der Waals surface area contributed by atoms with Gasteiger partial charge < -0.3 is 4.90 Å². The largest absolute Gasteiger partial charge is 0.339 e. The number of rotatable bonds is 5. The minimum atomic E-state index is -0.283. The van der Waals surface area contributed by atoms with E-state index < -0.39 is 0 Å². The molecule has 2 heterocycles. The van der Waals surface area contributed by atoms with Crippen molar-refractivity contribution < 1.29 is 9.18 Å². The number of nitrogens with zero attached hydrogens (tertiary/aromatic N) is 3. The molecule has 1 atom stereocenters. The molecular formula is C19H18FN3OS. The molecular weight excluding hydrogens is 337 g/mol. The van der Waals surface area contributed by atoms with Gasteiger partial charge in [0, 0.05) is 18.6 Å². The first-order valence-corrected chi connectivity index (χ1v) is 8.79. The molecule has 1 amide bonds. The molecule has 0 N–H and O–H groups in total. The van der Waals surface area contributed by atoms with Crippen molar-refractivity contribution in [2.24, 2.45) is 0 Å². The molecule has 0 radical (unpaired) electrons. The average Bonchev–Trinajstić information content (AvgIpc) is 3.10. The molecule has 0 spiro atoms. The first-order chi connectivity index (χ1) is 12.0. The number of amides is 1. The van der Waals surface area contributed by atoms with E-state index in [0.29, 0.717) is 0 Å². The Morgan fingerprint density at radius 1 is 1.24 bits per heavy atom. The molecule has 0 aliphatic rings. The molecule has 0 saturated carbocycles. The summed E-state index contributed by atoms with van der Waals surface area (Å²) in [5, 5.41) is 2.69. The molecule has 0 fully saturated rings. The smallest absolute Gasteiger partial charge is 0.228 e. The van der Waals surface area contributed by atoms with Crippen molar-refractivity contribution in [3.05, 3.63) is 71.1 Å². The van der Waals surface area contributed by atoms with Crippen molar-refractivity contribution >= 4 is 17.2 Å². The zero-order chi connectivity index (χ0) is 17.8. The molecule has 25 heavy (non-hydrogen) atoms. The number of aromatic nitrogens is 2. The highest BCUT2D eigenvalue weighted by Gasteiger charge is 2.19. The second kappa shape index (κ2) is 7.53. The Labute approximate surface area is 150 Å². The van der Waals surface area contributed by atoms with E-state index in [0.717, 1.165) is 22.0 Å². The van der Waals surface area contributed by atoms with Crippen molar-refractivity contribution in [3.8, 4) is 10.7 Å². The van der Waals surface area contributed by atoms with Crippen LogP contribution >= 0.6 is 11.3 Å². The lowest BCUT2D eigenvalue weighted by Gasteiger charge is -2.25. The first-order valence-electron chi connectivity index (χ1n) is 7.91. The van der Waals surface area contributed by atoms with Gasteiger partial charge in [-0.15, -0.1) is 11.3 Å². The molecule has 0 bridgehead atoms. The van der Waals surface area contributed by atoms with Crippen LogP contribution in [-0.2, 0) is 11.2 Å². The van der Waals surface area contributed by atoms with Gasteiger partial charge in [-0.2, -0.15) is 0 Å². The maximum atomic E-state index is 13.0. The van der Waals surface area contributed by atoms with Crippen molar-refractivity contribution in [1.29, 1.82) is 0 Å². The highest BCUT2D eigenvalue weighted by molar-refractivity contribution is 7.13. The summed E-state index contributed by atoms with van der Waals surface area (Å²) in [4.78, 5) is 23.0. The third-order valence-corrected chi connectivity index (χ3v) is 5.01. The fourth-order valence-corrected chi connectivity index (χ4v) is 3.25. The van der Waals surface area contributed by atoms with Crippen molar-refractivity contribution in [3.63, 3.8) is 0 Å². The van der Waals surface area contributed by atoms with Crippen LogP contribution in [0.25, 0.3) is 10.7 Å². The number of hydrogen-bond acceptors (Lipinski definition) is 4. The van der Waals surface area contributed by atoms with Gasteiger partial charge in [-0.1, -0.05) is 18.2 Å². The molecule has 1 aromatic carbocycles. The summed E-state index contributed by atoms with van der Waals surface area (Å²) in [5.41, 5.74) is 2.43. The Bertz CT molecular complexity index is 849. The van der Waals surface area contributed by atoms with E-state index >= 15 is 0 Å². The lowest BCUT2D eigenvalue weighted by molar-refractivity contribution is -0.131. The summed E-state index contributed by atoms with van der Waals surface area (Å²) in [6.45, 7) is 1.92. The highest BCUT2D eigenvalue weighted by Crippen LogP contribution is 2.23. The van der Waals surface area contributed by atoms with E-state index in [4.69, 9.17) is 0 Å². The van der Waals surface area contributed by atoms with Crippen LogP contribution in [0.3, 0.4) is 0 Å². The zero-order valence-corrected chi connectivity index (χ0v) is 14.8. The van der Waals surface area contributed by atoms with Gasteiger partial charge >= 0.3 is 0 Å². The Hall–Kier alpha value is -2.60. The quantitative estimate of drug-likeness (QED) is 0.692. The first kappa shape index (κ1) is 17.2. The van der Waals surface area contributed by atoms with Crippen LogP contribution in [0.5, 0.6) is 0 Å². The SMILES string of the molecule is C[C@H](c1ccc(F)cc1)N(C)C(=O)Cc1csc(-c2ccccn2)n1. The van der Waals surface area contributed by atoms with E-state index in [1.165, 1.54) is 23.5 Å². The predicted octanol–water partition coefficient (Wildman–Crippen LogP) is 4.11. The number of likely N-dealkylation sites (N-methyl/N-ethyl adjacent to an activating group) is 1. The fraction of sp³-hybridized carbons (Fsp3) is 0.211. The zero-order valence-electron chi connectivity index (χ0n) is 14.0. The Morgan fingerprint density at radius 3 is 2.68 bits per heavy atom. The van der Waals surface area contributed by atoms with Crippen LogP contribution < -0.4 is 0 Å². The molecule has 3 rings (SSSR count). The van der Waals surface area contributed by atoms with Crippen molar-refractivity contribution in [2.45, 2.75) is 19.4 Å². The summed E-state index contributed by atoms with van der Waals surface area (Å²) >= 11 is 1.48. The Kier molecular flexibility index (Phi) is 5.19. The van der Waals surface area contributed by atoms with Gasteiger partial charge in [-0.25, -0.2) is 9.37 Å². The molecule has 3 aromatic rings. The van der Waals surface area contributed by atoms with Crippen LogP contribution in [0.2, 0.25) is 0 Å². The summed E-state index contributed by atoms with van der Waals surface area (Å²) in [6.07, 6.45) is 1.95. The van der Waals surface area contributed by atoms with Crippen LogP contribution in [0.15, 0.2) is 54.0 Å². The normalized spacial score (nSPS) is 12.0. The topological polar surface area (TPSA) is 46.1 Å². The van der Waals surface area contributed by atoms with Gasteiger partial charge in [-0.05, 0) is 36.8 Å². The van der Waals surface area contributed by atoms with Crippen LogP contribution in [0, 0.1) is 5.82 Å². The van der Waals surface area contributed by atoms with E-state index in [-0.39, 0.29) is 24.2 Å². The molecule has 0 saturated heterocycles. The van der Waals surface area contributed by atoms with Gasteiger partial charge in [0.15, 0.2) is 0 Å². The van der Waals surface area contributed by atoms with Gasteiger partial charge in [0.25, 0.3) is 0 Å². The number of benzene rings is 1. The van der Waals surface area contributed by atoms with Gasteiger partial charge in [0.1, 0.15) is 10.8 Å². The maximum Gasteiger partial charge on any atom is 0.228 e. The molecule has 2 aromatic heterocycles. The number of halogens is 1. The van der Waals surface area contributed by atoms with Gasteiger partial charge in [0.05, 0.1) is 23.9 Å². The summed E-state index contributed by atoms with van der Waals surface area (Å²) < 4.78 is 13.0. The molecule has 0 aliphatic heterocycles. The van der Waals surface area contributed by atoms with E-state index in [9.17, 15) is 9.18 Å². The minimum absolute atomic E-state index is 0.0327. The lowest BCUT2D eigenvalue weighted by atomic mass is 10.1. The Morgan fingerprint density at radius 2 is 2.00 bits per heavy atom. The summed E-state index contributed by atoms with van der Waals surface area (Å²) in [7, 11) is 1.75. The molecule has 0 aliphatic carbocycles. The number of carbonyl (C=O) groups excluding carboxylic acids is 1. The molecule has 6 heteroatoms. The molecule has 128 valence electrons. The fourth-order valence-electron chi connectivity index (χ4n) is 2.46. The second-order valence-corrected chi connectivity index (χ2v) is 6.63. The summed E-state index contributed by atoms with van der Waals surface area (Å²) in [5.74, 6) is -0.316. The molecule has 4 nitrogen and oxygen atoms in total. The number of thiazole rings is 1. The number of hydrogen-bond donors (Lipinski definition) is 0. The average molecular weight is 355 g/mol. The highest BCUT2D eigenvalue weighted by atomic mass is 32.1. The van der Waals surface area contributed by atoms with Gasteiger partial charge in [0.2, 0.25) is 5.91 Å². The standard InChI is InChI=1S/C19H18FN3OS/c1-13(14-6-8-15(20)9-7-14)23(2)18(24)11-16-12-25-19(22-16)17-5-3-4-10-21-17/h3-10,12-13H,11H2,1-2H3/t13-/m1/s1. The second-order valence-electron chi connectivity index (χ2n) is 5.77. The van der Waals surface area contributed by atoms with Gasteiger partial charge in [-0.3, -0.25) is 9.78 Å². The lowest BCUT2D eigenvalue weighted by Crippen LogP contribution is -2.31. The van der Waals surface area contributed by atoms with Crippen LogP contribution in [0.1, 0.15) is 24.2 Å². The van der Waals surface area contributed by atoms with E-state index in [1.807, 2.05) is 30.5 Å². The predicted molar refractivity (Wildman–Crippen MR) is 96.6 cm³/mol. The third kappa shape index (κ3) is 4.09.